The lowest BCUT2D eigenvalue weighted by atomic mass is 10.1. The molecule has 0 aliphatic carbocycles. The van der Waals surface area contributed by atoms with Gasteiger partial charge < -0.3 is 15.9 Å². The smallest absolute Gasteiger partial charge is 0.320 e. The Labute approximate surface area is 79.8 Å². The number of phenols is 1. The van der Waals surface area contributed by atoms with Gasteiger partial charge in [0.15, 0.2) is 11.6 Å². The number of nitrogens with two attached hydrogens (primary N) is 1. The van der Waals surface area contributed by atoms with E-state index in [4.69, 9.17) is 15.9 Å². The summed E-state index contributed by atoms with van der Waals surface area (Å²) in [6.45, 7) is 0. The van der Waals surface area contributed by atoms with Gasteiger partial charge in [-0.1, -0.05) is 12.1 Å². The Kier molecular flexibility index (Phi) is 3.03. The van der Waals surface area contributed by atoms with Crippen LogP contribution in [0.5, 0.6) is 5.75 Å². The zero-order valence-electron chi connectivity index (χ0n) is 7.27. The second-order valence-electron chi connectivity index (χ2n) is 2.90. The first-order valence-electron chi connectivity index (χ1n) is 3.97. The Morgan fingerprint density at radius 3 is 2.79 bits per heavy atom. The fourth-order valence-corrected chi connectivity index (χ4v) is 1.05. The summed E-state index contributed by atoms with van der Waals surface area (Å²) in [5.74, 6) is -2.52. The molecule has 1 rings (SSSR count). The summed E-state index contributed by atoms with van der Waals surface area (Å²) in [6, 6.07) is 2.84. The lowest BCUT2D eigenvalue weighted by molar-refractivity contribution is -0.138. The van der Waals surface area contributed by atoms with E-state index in [1.165, 1.54) is 18.2 Å². The normalized spacial score (nSPS) is 12.4. The van der Waals surface area contributed by atoms with Crippen LogP contribution in [0.2, 0.25) is 0 Å². The molecule has 4 nitrogen and oxygen atoms in total. The largest absolute Gasteiger partial charge is 0.505 e. The Morgan fingerprint density at radius 1 is 1.57 bits per heavy atom. The summed E-state index contributed by atoms with van der Waals surface area (Å²) in [6.07, 6.45) is -0.143. The van der Waals surface area contributed by atoms with Crippen LogP contribution in [0.15, 0.2) is 18.2 Å². The third-order valence-corrected chi connectivity index (χ3v) is 1.82. The SMILES string of the molecule is N[C@H](Cc1cccc(O)c1F)C(=O)O. The lowest BCUT2D eigenvalue weighted by Crippen LogP contribution is -2.32. The molecule has 1 aromatic carbocycles. The number of phenolic OH excluding ortho intramolecular Hbond substituents is 1. The number of rotatable bonds is 3. The summed E-state index contributed by atoms with van der Waals surface area (Å²) >= 11 is 0. The lowest BCUT2D eigenvalue weighted by Gasteiger charge is -2.07. The van der Waals surface area contributed by atoms with Crippen LogP contribution in [-0.2, 0) is 11.2 Å². The molecule has 0 fully saturated rings. The number of aliphatic carboxylic acids is 1. The Morgan fingerprint density at radius 2 is 2.21 bits per heavy atom. The first kappa shape index (κ1) is 10.5. The van der Waals surface area contributed by atoms with E-state index >= 15 is 0 Å². The minimum Gasteiger partial charge on any atom is -0.505 e. The molecule has 0 aliphatic heterocycles. The molecule has 0 saturated heterocycles. The minimum atomic E-state index is -1.20. The van der Waals surface area contributed by atoms with Crippen molar-refractivity contribution >= 4 is 5.97 Å². The topological polar surface area (TPSA) is 83.5 Å². The summed E-state index contributed by atoms with van der Waals surface area (Å²) in [7, 11) is 0. The maximum Gasteiger partial charge on any atom is 0.320 e. The standard InChI is InChI=1S/C9H10FNO3/c10-8-5(2-1-3-7(8)12)4-6(11)9(13)14/h1-3,6,12H,4,11H2,(H,13,14)/t6-/m1/s1. The van der Waals surface area contributed by atoms with Crippen molar-refractivity contribution in [3.05, 3.63) is 29.6 Å². The van der Waals surface area contributed by atoms with Crippen molar-refractivity contribution in [2.45, 2.75) is 12.5 Å². The van der Waals surface area contributed by atoms with Crippen molar-refractivity contribution in [1.29, 1.82) is 0 Å². The van der Waals surface area contributed by atoms with E-state index in [-0.39, 0.29) is 12.0 Å². The molecular weight excluding hydrogens is 189 g/mol. The van der Waals surface area contributed by atoms with Crippen molar-refractivity contribution in [3.8, 4) is 5.75 Å². The number of benzene rings is 1. The highest BCUT2D eigenvalue weighted by atomic mass is 19.1. The Bertz CT molecular complexity index is 354. The van der Waals surface area contributed by atoms with Gasteiger partial charge in [-0.2, -0.15) is 0 Å². The van der Waals surface area contributed by atoms with Crippen molar-refractivity contribution in [2.75, 3.05) is 0 Å². The quantitative estimate of drug-likeness (QED) is 0.661. The molecule has 0 radical (unpaired) electrons. The molecule has 1 atom stereocenters. The van der Waals surface area contributed by atoms with E-state index in [1.54, 1.807) is 0 Å². The van der Waals surface area contributed by atoms with Crippen LogP contribution in [0.4, 0.5) is 4.39 Å². The molecular formula is C9H10FNO3. The molecule has 0 saturated carbocycles. The first-order valence-corrected chi connectivity index (χ1v) is 3.97. The van der Waals surface area contributed by atoms with Crippen LogP contribution in [0, 0.1) is 5.82 Å². The first-order chi connectivity index (χ1) is 6.52. The number of hydrogen-bond donors (Lipinski definition) is 3. The molecule has 4 N–H and O–H groups in total. The van der Waals surface area contributed by atoms with Crippen molar-refractivity contribution in [1.82, 2.24) is 0 Å². The van der Waals surface area contributed by atoms with Gasteiger partial charge in [-0.05, 0) is 11.6 Å². The van der Waals surface area contributed by atoms with Crippen LogP contribution >= 0.6 is 0 Å². The van der Waals surface area contributed by atoms with Gasteiger partial charge in [0, 0.05) is 6.42 Å². The third-order valence-electron chi connectivity index (χ3n) is 1.82. The highest BCUT2D eigenvalue weighted by Gasteiger charge is 2.15. The zero-order valence-corrected chi connectivity index (χ0v) is 7.27. The summed E-state index contributed by atoms with van der Waals surface area (Å²) < 4.78 is 13.1. The van der Waals surface area contributed by atoms with Crippen molar-refractivity contribution < 1.29 is 19.4 Å². The summed E-state index contributed by atoms with van der Waals surface area (Å²) in [5, 5.41) is 17.5. The second-order valence-corrected chi connectivity index (χ2v) is 2.90. The van der Waals surface area contributed by atoms with Crippen LogP contribution in [0.1, 0.15) is 5.56 Å². The average molecular weight is 199 g/mol. The Balaban J connectivity index is 2.87. The number of aromatic hydroxyl groups is 1. The van der Waals surface area contributed by atoms with Gasteiger partial charge in [-0.25, -0.2) is 4.39 Å². The fraction of sp³-hybridized carbons (Fsp3) is 0.222. The zero-order chi connectivity index (χ0) is 10.7. The molecule has 0 heterocycles. The van der Waals surface area contributed by atoms with Gasteiger partial charge in [0.1, 0.15) is 6.04 Å². The molecule has 14 heavy (non-hydrogen) atoms. The van der Waals surface area contributed by atoms with E-state index in [9.17, 15) is 9.18 Å². The van der Waals surface area contributed by atoms with E-state index in [0.717, 1.165) is 0 Å². The second kappa shape index (κ2) is 4.06. The van der Waals surface area contributed by atoms with Gasteiger partial charge in [0.2, 0.25) is 0 Å². The summed E-state index contributed by atoms with van der Waals surface area (Å²) in [4.78, 5) is 10.4. The van der Waals surface area contributed by atoms with E-state index in [1.807, 2.05) is 0 Å². The van der Waals surface area contributed by atoms with Crippen molar-refractivity contribution in [2.24, 2.45) is 5.73 Å². The minimum absolute atomic E-state index is 0.0971. The van der Waals surface area contributed by atoms with Crippen LogP contribution in [-0.4, -0.2) is 22.2 Å². The van der Waals surface area contributed by atoms with Gasteiger partial charge >= 0.3 is 5.97 Å². The van der Waals surface area contributed by atoms with Gasteiger partial charge in [-0.15, -0.1) is 0 Å². The van der Waals surface area contributed by atoms with Gasteiger partial charge in [-0.3, -0.25) is 4.79 Å². The van der Waals surface area contributed by atoms with Gasteiger partial charge in [0.25, 0.3) is 0 Å². The predicted octanol–water partition coefficient (Wildman–Crippen LogP) is 0.486. The van der Waals surface area contributed by atoms with Gasteiger partial charge in [0.05, 0.1) is 0 Å². The number of halogens is 1. The molecule has 0 bridgehead atoms. The molecule has 0 spiro atoms. The third kappa shape index (κ3) is 2.20. The number of carbonyl (C=O) groups is 1. The molecule has 76 valence electrons. The monoisotopic (exact) mass is 199 g/mol. The number of hydrogen-bond acceptors (Lipinski definition) is 3. The average Bonchev–Trinajstić information content (AvgIpc) is 2.12. The van der Waals surface area contributed by atoms with E-state index < -0.39 is 23.6 Å². The van der Waals surface area contributed by atoms with Crippen molar-refractivity contribution in [3.63, 3.8) is 0 Å². The molecule has 0 amide bonds. The Hall–Kier alpha value is -1.62. The number of carboxylic acid groups (broad SMARTS) is 1. The molecule has 1 aromatic rings. The van der Waals surface area contributed by atoms with Crippen LogP contribution in [0.25, 0.3) is 0 Å². The van der Waals surface area contributed by atoms with Crippen LogP contribution in [0.3, 0.4) is 0 Å². The highest BCUT2D eigenvalue weighted by Crippen LogP contribution is 2.19. The predicted molar refractivity (Wildman–Crippen MR) is 47.4 cm³/mol. The van der Waals surface area contributed by atoms with E-state index in [2.05, 4.69) is 0 Å². The van der Waals surface area contributed by atoms with E-state index in [0.29, 0.717) is 0 Å². The molecule has 0 unspecified atom stereocenters. The highest BCUT2D eigenvalue weighted by molar-refractivity contribution is 5.73. The fourth-order valence-electron chi connectivity index (χ4n) is 1.05. The molecule has 0 aliphatic rings. The summed E-state index contributed by atoms with van der Waals surface area (Å²) in [5.41, 5.74) is 5.32. The maximum absolute atomic E-state index is 13.1. The maximum atomic E-state index is 13.1. The molecule has 0 aromatic heterocycles. The molecule has 5 heteroatoms. The number of carboxylic acids is 1. The van der Waals surface area contributed by atoms with Crippen LogP contribution < -0.4 is 5.73 Å².